The Morgan fingerprint density at radius 1 is 1.11 bits per heavy atom. The number of carbonyl (C=O) groups excluding carboxylic acids is 2. The molecule has 1 aromatic rings. The number of hydrogen-bond donors (Lipinski definition) is 1. The van der Waals surface area contributed by atoms with Crippen LogP contribution in [0.2, 0.25) is 0 Å². The van der Waals surface area contributed by atoms with Crippen LogP contribution < -0.4 is 5.32 Å². The van der Waals surface area contributed by atoms with Crippen molar-refractivity contribution >= 4 is 11.8 Å². The second kappa shape index (κ2) is 6.85. The van der Waals surface area contributed by atoms with Crippen molar-refractivity contribution < 1.29 is 22.8 Å². The zero-order valence-electron chi connectivity index (χ0n) is 16.7. The fraction of sp³-hybridized carbons (Fsp3) is 0.714. The largest absolute Gasteiger partial charge is 0.466 e. The van der Waals surface area contributed by atoms with Crippen LogP contribution in [0.3, 0.4) is 0 Å². The van der Waals surface area contributed by atoms with Gasteiger partial charge >= 0.3 is 5.92 Å². The molecule has 7 heteroatoms. The third-order valence-corrected chi connectivity index (χ3v) is 6.54. The molecule has 1 N–H and O–H groups in total. The smallest absolute Gasteiger partial charge is 0.327 e. The van der Waals surface area contributed by atoms with Crippen LogP contribution in [0.1, 0.15) is 59.5 Å². The molecule has 154 valence electrons. The summed E-state index contributed by atoms with van der Waals surface area (Å²) in [5.41, 5.74) is 1.30. The van der Waals surface area contributed by atoms with Crippen LogP contribution in [0.4, 0.5) is 8.78 Å². The molecule has 0 radical (unpaired) electrons. The van der Waals surface area contributed by atoms with Crippen LogP contribution in [-0.4, -0.2) is 41.8 Å². The van der Waals surface area contributed by atoms with Crippen molar-refractivity contribution in [2.45, 2.75) is 64.8 Å². The van der Waals surface area contributed by atoms with Gasteiger partial charge in [-0.2, -0.15) is 8.78 Å². The fourth-order valence-corrected chi connectivity index (χ4v) is 4.42. The van der Waals surface area contributed by atoms with E-state index in [1.54, 1.807) is 6.92 Å². The minimum atomic E-state index is -3.28. The number of likely N-dealkylation sites (tertiary alicyclic amines) is 1. The SMILES string of the molecule is Cc1oc(C)c(C(=O)N[C@@H]2CN(C(=O)C(F)(F)C3CC3)C[C@H]2CC2CC2)c1C. The van der Waals surface area contributed by atoms with E-state index in [0.29, 0.717) is 42.4 Å². The molecule has 2 aliphatic carbocycles. The Balaban J connectivity index is 1.49. The molecule has 2 amide bonds. The highest BCUT2D eigenvalue weighted by Gasteiger charge is 2.56. The topological polar surface area (TPSA) is 62.6 Å². The van der Waals surface area contributed by atoms with E-state index in [1.165, 1.54) is 4.90 Å². The molecule has 2 atom stereocenters. The Morgan fingerprint density at radius 2 is 1.79 bits per heavy atom. The molecule has 28 heavy (non-hydrogen) atoms. The van der Waals surface area contributed by atoms with E-state index in [0.717, 1.165) is 24.8 Å². The predicted molar refractivity (Wildman–Crippen MR) is 99.3 cm³/mol. The minimum absolute atomic E-state index is 0.0176. The van der Waals surface area contributed by atoms with E-state index in [-0.39, 0.29) is 24.4 Å². The molecular weight excluding hydrogens is 366 g/mol. The van der Waals surface area contributed by atoms with E-state index < -0.39 is 17.7 Å². The van der Waals surface area contributed by atoms with Gasteiger partial charge in [0, 0.05) is 24.6 Å². The summed E-state index contributed by atoms with van der Waals surface area (Å²) in [4.78, 5) is 26.6. The van der Waals surface area contributed by atoms with E-state index >= 15 is 0 Å². The number of aryl methyl sites for hydroxylation is 2. The molecule has 1 saturated heterocycles. The molecule has 0 aromatic carbocycles. The molecule has 3 aliphatic rings. The molecule has 3 fully saturated rings. The van der Waals surface area contributed by atoms with Gasteiger partial charge in [-0.3, -0.25) is 9.59 Å². The Kier molecular flexibility index (Phi) is 4.74. The van der Waals surface area contributed by atoms with Gasteiger partial charge in [-0.25, -0.2) is 0 Å². The lowest BCUT2D eigenvalue weighted by molar-refractivity contribution is -0.159. The lowest BCUT2D eigenvalue weighted by Gasteiger charge is -2.23. The maximum Gasteiger partial charge on any atom is 0.327 e. The summed E-state index contributed by atoms with van der Waals surface area (Å²) in [6.45, 7) is 5.84. The maximum absolute atomic E-state index is 14.3. The fourth-order valence-electron chi connectivity index (χ4n) is 4.42. The summed E-state index contributed by atoms with van der Waals surface area (Å²) < 4.78 is 34.2. The first kappa shape index (κ1) is 19.4. The summed E-state index contributed by atoms with van der Waals surface area (Å²) in [5, 5.41) is 3.02. The first-order valence-corrected chi connectivity index (χ1v) is 10.2. The van der Waals surface area contributed by atoms with E-state index in [4.69, 9.17) is 4.42 Å². The lowest BCUT2D eigenvalue weighted by atomic mass is 9.96. The van der Waals surface area contributed by atoms with Gasteiger partial charge in [0.1, 0.15) is 11.5 Å². The minimum Gasteiger partial charge on any atom is -0.466 e. The molecule has 4 rings (SSSR count). The van der Waals surface area contributed by atoms with Crippen molar-refractivity contribution in [2.75, 3.05) is 13.1 Å². The summed E-state index contributed by atoms with van der Waals surface area (Å²) in [5.74, 6) is -3.55. The van der Waals surface area contributed by atoms with Crippen LogP contribution in [0.25, 0.3) is 0 Å². The number of halogens is 2. The number of nitrogens with zero attached hydrogens (tertiary/aromatic N) is 1. The van der Waals surface area contributed by atoms with Crippen molar-refractivity contribution in [3.63, 3.8) is 0 Å². The highest BCUT2D eigenvalue weighted by Crippen LogP contribution is 2.45. The van der Waals surface area contributed by atoms with Crippen molar-refractivity contribution in [1.82, 2.24) is 10.2 Å². The number of nitrogens with one attached hydrogen (secondary N) is 1. The lowest BCUT2D eigenvalue weighted by Crippen LogP contribution is -2.45. The van der Waals surface area contributed by atoms with Crippen LogP contribution in [0.5, 0.6) is 0 Å². The van der Waals surface area contributed by atoms with Gasteiger partial charge in [-0.1, -0.05) is 12.8 Å². The van der Waals surface area contributed by atoms with Crippen LogP contribution >= 0.6 is 0 Å². The zero-order chi connectivity index (χ0) is 20.2. The summed E-state index contributed by atoms with van der Waals surface area (Å²) in [7, 11) is 0. The first-order valence-electron chi connectivity index (χ1n) is 10.2. The monoisotopic (exact) mass is 394 g/mol. The van der Waals surface area contributed by atoms with Crippen molar-refractivity contribution in [3.05, 3.63) is 22.6 Å². The summed E-state index contributed by atoms with van der Waals surface area (Å²) >= 11 is 0. The number of rotatable bonds is 6. The molecular formula is C21H28F2N2O3. The second-order valence-corrected chi connectivity index (χ2v) is 8.84. The maximum atomic E-state index is 14.3. The molecule has 2 heterocycles. The second-order valence-electron chi connectivity index (χ2n) is 8.84. The van der Waals surface area contributed by atoms with Gasteiger partial charge in [-0.05, 0) is 51.9 Å². The third-order valence-electron chi connectivity index (χ3n) is 6.54. The quantitative estimate of drug-likeness (QED) is 0.802. The predicted octanol–water partition coefficient (Wildman–Crippen LogP) is 3.61. The molecule has 2 saturated carbocycles. The average molecular weight is 394 g/mol. The van der Waals surface area contributed by atoms with Crippen molar-refractivity contribution in [1.29, 1.82) is 0 Å². The Hall–Kier alpha value is -1.92. The zero-order valence-corrected chi connectivity index (χ0v) is 16.7. The van der Waals surface area contributed by atoms with E-state index in [2.05, 4.69) is 5.32 Å². The Bertz CT molecular complexity index is 796. The van der Waals surface area contributed by atoms with E-state index in [1.807, 2.05) is 13.8 Å². The van der Waals surface area contributed by atoms with Gasteiger partial charge in [0.25, 0.3) is 11.8 Å². The van der Waals surface area contributed by atoms with Crippen molar-refractivity contribution in [3.8, 4) is 0 Å². The van der Waals surface area contributed by atoms with Gasteiger partial charge in [0.2, 0.25) is 0 Å². The van der Waals surface area contributed by atoms with Gasteiger partial charge in [0.05, 0.1) is 11.6 Å². The molecule has 1 aromatic heterocycles. The Labute approximate surface area is 163 Å². The molecule has 0 spiro atoms. The highest BCUT2D eigenvalue weighted by atomic mass is 19.3. The number of alkyl halides is 2. The summed E-state index contributed by atoms with van der Waals surface area (Å²) in [6.07, 6.45) is 3.98. The normalized spacial score (nSPS) is 25.2. The number of furan rings is 1. The molecule has 5 nitrogen and oxygen atoms in total. The number of hydrogen-bond acceptors (Lipinski definition) is 3. The third kappa shape index (κ3) is 3.55. The average Bonchev–Trinajstić information content (AvgIpc) is 3.52. The molecule has 0 unspecified atom stereocenters. The number of carbonyl (C=O) groups is 2. The summed E-state index contributed by atoms with van der Waals surface area (Å²) in [6, 6.07) is -0.305. The van der Waals surface area contributed by atoms with E-state index in [9.17, 15) is 18.4 Å². The Morgan fingerprint density at radius 3 is 2.32 bits per heavy atom. The van der Waals surface area contributed by atoms with Crippen molar-refractivity contribution in [2.24, 2.45) is 17.8 Å². The van der Waals surface area contributed by atoms with Crippen LogP contribution in [0.15, 0.2) is 4.42 Å². The standard InChI is InChI=1S/C21H28F2N2O3/c1-11-12(2)28-13(3)18(11)19(26)24-17-10-25(9-15(17)8-14-4-5-14)20(27)21(22,23)16-6-7-16/h14-17H,4-10H2,1-3H3,(H,24,26)/t15-,17-/m1/s1. The van der Waals surface area contributed by atoms with Crippen LogP contribution in [-0.2, 0) is 4.79 Å². The van der Waals surface area contributed by atoms with Crippen LogP contribution in [0, 0.1) is 38.5 Å². The number of amides is 2. The van der Waals surface area contributed by atoms with Gasteiger partial charge < -0.3 is 14.6 Å². The highest BCUT2D eigenvalue weighted by molar-refractivity contribution is 5.97. The van der Waals surface area contributed by atoms with Gasteiger partial charge in [0.15, 0.2) is 0 Å². The molecule has 0 bridgehead atoms. The first-order chi connectivity index (χ1) is 13.2. The molecule has 1 aliphatic heterocycles. The van der Waals surface area contributed by atoms with Gasteiger partial charge in [-0.15, -0.1) is 0 Å².